The highest BCUT2D eigenvalue weighted by Gasteiger charge is 2.54. The number of aromatic nitrogens is 8. The minimum absolute atomic E-state index is 0.00661. The summed E-state index contributed by atoms with van der Waals surface area (Å²) in [5.41, 5.74) is 5.83. The predicted molar refractivity (Wildman–Crippen MR) is 139 cm³/mol. The number of anilines is 1. The molecule has 222 valence electrons. The minimum Gasteiger partial charge on any atom is -0.431 e. The van der Waals surface area contributed by atoms with Crippen molar-refractivity contribution in [1.29, 1.82) is 0 Å². The van der Waals surface area contributed by atoms with E-state index < -0.39 is 74.1 Å². The number of alkyl halides is 1. The number of hydrogen-bond donors (Lipinski definition) is 4. The van der Waals surface area contributed by atoms with Crippen molar-refractivity contribution in [3.63, 3.8) is 0 Å². The van der Waals surface area contributed by atoms with Gasteiger partial charge in [0.2, 0.25) is 0 Å². The summed E-state index contributed by atoms with van der Waals surface area (Å²) in [4.78, 5) is 47.5. The monoisotopic (exact) mass is 625 g/mol. The molecule has 6 heterocycles. The highest BCUT2D eigenvalue weighted by Crippen LogP contribution is 2.59. The topological polar surface area (TPSA) is 234 Å². The molecule has 4 aromatic heterocycles. The van der Waals surface area contributed by atoms with Crippen molar-refractivity contribution < 1.29 is 42.1 Å². The van der Waals surface area contributed by atoms with E-state index in [-0.39, 0.29) is 34.6 Å². The van der Waals surface area contributed by atoms with Gasteiger partial charge in [-0.05, 0) is 0 Å². The smallest absolute Gasteiger partial charge is 0.431 e. The third-order valence-electron chi connectivity index (χ3n) is 7.34. The van der Waals surface area contributed by atoms with E-state index in [2.05, 4.69) is 42.2 Å². The fourth-order valence-corrected chi connectivity index (χ4v) is 7.31. The first-order valence-electron chi connectivity index (χ1n) is 12.4. The Morgan fingerprint density at radius 2 is 1.81 bits per heavy atom. The number of hydrogen-bond acceptors (Lipinski definition) is 15. The van der Waals surface area contributed by atoms with Gasteiger partial charge in [0.1, 0.15) is 36.8 Å². The quantitative estimate of drug-likeness (QED) is 0.134. The third kappa shape index (κ3) is 4.41. The number of halogens is 1. The number of carbonyl (C=O) groups is 1. The summed E-state index contributed by atoms with van der Waals surface area (Å²) in [7, 11) is 0. The molecule has 1 saturated carbocycles. The lowest BCUT2D eigenvalue weighted by Crippen LogP contribution is -2.39. The van der Waals surface area contributed by atoms with Crippen molar-refractivity contribution in [2.45, 2.75) is 55.4 Å². The SMILES string of the molecule is Nc1ncnc2c1ncn2[C@@H]1O[C@@H]2COC(=O)O[C@@H]3[C@H](O)[C@H](C[C@H]3n3cnc4c(=O)[nH]cnc43)OP(=O)(S)O[C@H]2[C@H]1F. The molecule has 0 radical (unpaired) electrons. The van der Waals surface area contributed by atoms with Gasteiger partial charge in [-0.3, -0.25) is 18.4 Å². The number of ether oxygens (including phenoxy) is 3. The van der Waals surface area contributed by atoms with Crippen molar-refractivity contribution in [3.05, 3.63) is 35.7 Å². The van der Waals surface area contributed by atoms with Crippen LogP contribution in [-0.4, -0.2) is 93.6 Å². The van der Waals surface area contributed by atoms with Crippen molar-refractivity contribution in [2.24, 2.45) is 0 Å². The van der Waals surface area contributed by atoms with Crippen LogP contribution in [0.5, 0.6) is 0 Å². The first kappa shape index (κ1) is 27.2. The average Bonchev–Trinajstić information content (AvgIpc) is 3.70. The molecule has 3 aliphatic rings. The van der Waals surface area contributed by atoms with Crippen LogP contribution in [0.25, 0.3) is 22.3 Å². The lowest BCUT2D eigenvalue weighted by molar-refractivity contribution is -0.0830. The molecule has 9 atom stereocenters. The first-order valence-corrected chi connectivity index (χ1v) is 15.1. The van der Waals surface area contributed by atoms with E-state index in [0.29, 0.717) is 0 Å². The number of nitrogens with zero attached hydrogens (tertiary/aromatic N) is 7. The largest absolute Gasteiger partial charge is 0.508 e. The second-order valence-electron chi connectivity index (χ2n) is 9.77. The van der Waals surface area contributed by atoms with Crippen LogP contribution in [0.4, 0.5) is 15.0 Å². The number of aromatic amines is 1. The molecule has 2 saturated heterocycles. The van der Waals surface area contributed by atoms with Crippen molar-refractivity contribution in [2.75, 3.05) is 12.3 Å². The van der Waals surface area contributed by atoms with Gasteiger partial charge in [-0.2, -0.15) is 0 Å². The molecule has 2 aliphatic heterocycles. The van der Waals surface area contributed by atoms with Crippen LogP contribution >= 0.6 is 19.0 Å². The normalized spacial score (nSPS) is 35.4. The second kappa shape index (κ2) is 9.96. The van der Waals surface area contributed by atoms with Gasteiger partial charge in [-0.25, -0.2) is 38.7 Å². The van der Waals surface area contributed by atoms with Crippen LogP contribution < -0.4 is 11.3 Å². The number of imidazole rings is 2. The third-order valence-corrected chi connectivity index (χ3v) is 8.96. The molecule has 1 unspecified atom stereocenters. The van der Waals surface area contributed by atoms with E-state index in [1.807, 2.05) is 0 Å². The molecule has 3 fully saturated rings. The maximum Gasteiger partial charge on any atom is 0.508 e. The standard InChI is InChI=1S/C21H21FN9O9PS/c22-10-15-9(37-20(10)31-6-28-11-16(23)24-3-25-17(11)31)2-36-21(34)38-14-7(1-8(13(14)32)39-41(35,42)40-15)30-5-29-12-18(30)26-4-27-19(12)33/h3-10,13-15,20,32H,1-2H2,(H,35,42)(H2,23,24,25)(H,26,27,33)/t7-,8+,9-,10-,13-,14+,15-,20-,41?/m1/s1. The number of nitrogens with two attached hydrogens (primary N) is 1. The van der Waals surface area contributed by atoms with Crippen LogP contribution in [0.2, 0.25) is 0 Å². The molecule has 0 amide bonds. The Morgan fingerprint density at radius 1 is 1.05 bits per heavy atom. The average molecular weight is 625 g/mol. The predicted octanol–water partition coefficient (Wildman–Crippen LogP) is 0.427. The maximum atomic E-state index is 15.9. The van der Waals surface area contributed by atoms with Gasteiger partial charge in [-0.15, -0.1) is 0 Å². The molecule has 0 spiro atoms. The number of nitrogen functional groups attached to an aromatic ring is 1. The molecule has 1 aliphatic carbocycles. The molecule has 42 heavy (non-hydrogen) atoms. The molecular weight excluding hydrogens is 604 g/mol. The van der Waals surface area contributed by atoms with Gasteiger partial charge in [0.05, 0.1) is 31.1 Å². The molecular formula is C21H21FN9O9PS. The van der Waals surface area contributed by atoms with Gasteiger partial charge in [0.25, 0.3) is 5.56 Å². The Balaban J connectivity index is 1.19. The molecule has 7 rings (SSSR count). The molecule has 2 bridgehead atoms. The van der Waals surface area contributed by atoms with Crippen LogP contribution in [-0.2, 0) is 27.8 Å². The highest BCUT2D eigenvalue weighted by atomic mass is 32.7. The Morgan fingerprint density at radius 3 is 2.64 bits per heavy atom. The highest BCUT2D eigenvalue weighted by molar-refractivity contribution is 8.44. The minimum atomic E-state index is -4.41. The number of rotatable bonds is 2. The Hall–Kier alpha value is -3.68. The zero-order chi connectivity index (χ0) is 29.3. The van der Waals surface area contributed by atoms with Crippen molar-refractivity contribution >= 4 is 53.3 Å². The number of aliphatic hydroxyl groups excluding tert-OH is 1. The fourth-order valence-electron chi connectivity index (χ4n) is 5.46. The second-order valence-corrected chi connectivity index (χ2v) is 12.6. The summed E-state index contributed by atoms with van der Waals surface area (Å²) in [5, 5.41) is 11.0. The zero-order valence-corrected chi connectivity index (χ0v) is 22.8. The van der Waals surface area contributed by atoms with Crippen molar-refractivity contribution in [1.82, 2.24) is 39.0 Å². The number of thiol groups is 1. The molecule has 4 N–H and O–H groups in total. The summed E-state index contributed by atoms with van der Waals surface area (Å²) in [6, 6.07) is -0.885. The van der Waals surface area contributed by atoms with Crippen molar-refractivity contribution in [3.8, 4) is 0 Å². The number of fused-ring (bicyclic) bond motifs is 5. The molecule has 4 aromatic rings. The number of carbonyl (C=O) groups excluding carboxylic acids is 1. The maximum absolute atomic E-state index is 15.9. The molecule has 18 nitrogen and oxygen atoms in total. The number of nitrogens with one attached hydrogen (secondary N) is 1. The van der Waals surface area contributed by atoms with Gasteiger partial charge in [0.15, 0.2) is 41.1 Å². The number of H-pyrrole nitrogens is 1. The van der Waals surface area contributed by atoms with E-state index >= 15 is 4.39 Å². The summed E-state index contributed by atoms with van der Waals surface area (Å²) in [6.07, 6.45) is -6.95. The van der Waals surface area contributed by atoms with Gasteiger partial charge in [0, 0.05) is 6.42 Å². The molecule has 0 aromatic carbocycles. The lowest BCUT2D eigenvalue weighted by Gasteiger charge is -2.27. The van der Waals surface area contributed by atoms with E-state index in [1.54, 1.807) is 0 Å². The van der Waals surface area contributed by atoms with Crippen LogP contribution in [0.15, 0.2) is 30.1 Å². The summed E-state index contributed by atoms with van der Waals surface area (Å²) >= 11 is 4.04. The summed E-state index contributed by atoms with van der Waals surface area (Å²) in [5.74, 6) is 0.0624. The van der Waals surface area contributed by atoms with Crippen LogP contribution in [0.3, 0.4) is 0 Å². The van der Waals surface area contributed by atoms with E-state index in [4.69, 9.17) is 29.0 Å². The Bertz CT molecular complexity index is 1800. The van der Waals surface area contributed by atoms with E-state index in [9.17, 15) is 19.3 Å². The van der Waals surface area contributed by atoms with Crippen LogP contribution in [0.1, 0.15) is 18.7 Å². The van der Waals surface area contributed by atoms with Crippen LogP contribution in [0, 0.1) is 0 Å². The number of aliphatic hydroxyl groups is 1. The van der Waals surface area contributed by atoms with Gasteiger partial charge in [-0.1, -0.05) is 12.2 Å². The van der Waals surface area contributed by atoms with Gasteiger partial charge >= 0.3 is 13.0 Å². The van der Waals surface area contributed by atoms with E-state index in [1.165, 1.54) is 34.4 Å². The number of cyclic esters (lactones) is 1. The Labute approximate surface area is 238 Å². The first-order chi connectivity index (χ1) is 20.1. The van der Waals surface area contributed by atoms with Gasteiger partial charge < -0.3 is 34.6 Å². The summed E-state index contributed by atoms with van der Waals surface area (Å²) < 4.78 is 59.7. The molecule has 21 heteroatoms. The summed E-state index contributed by atoms with van der Waals surface area (Å²) in [6.45, 7) is -5.01. The zero-order valence-electron chi connectivity index (χ0n) is 21.0. The fraction of sp³-hybridized carbons (Fsp3) is 0.476. The van der Waals surface area contributed by atoms with E-state index in [0.717, 1.165) is 0 Å². The lowest BCUT2D eigenvalue weighted by atomic mass is 10.1. The Kier molecular flexibility index (Phi) is 6.44.